The Kier molecular flexibility index (Phi) is 2.91. The first-order chi connectivity index (χ1) is 11.1. The highest BCUT2D eigenvalue weighted by molar-refractivity contribution is 6.10. The van der Waals surface area contributed by atoms with Crippen molar-refractivity contribution < 1.29 is 9.67 Å². The zero-order valence-electron chi connectivity index (χ0n) is 13.5. The summed E-state index contributed by atoms with van der Waals surface area (Å²) in [6, 6.07) is 16.5. The molecule has 0 aliphatic rings. The predicted molar refractivity (Wildman–Crippen MR) is 93.1 cm³/mol. The Morgan fingerprint density at radius 2 is 1.78 bits per heavy atom. The van der Waals surface area contributed by atoms with E-state index in [0.717, 1.165) is 22.4 Å². The van der Waals surface area contributed by atoms with Crippen molar-refractivity contribution in [2.45, 2.75) is 13.8 Å². The summed E-state index contributed by atoms with van der Waals surface area (Å²) >= 11 is 0. The highest BCUT2D eigenvalue weighted by Gasteiger charge is 2.23. The quantitative estimate of drug-likeness (QED) is 0.530. The number of pyridine rings is 1. The maximum atomic E-state index is 10.2. The lowest BCUT2D eigenvalue weighted by Gasteiger charge is -2.05. The molecule has 1 N–H and O–H groups in total. The van der Waals surface area contributed by atoms with Gasteiger partial charge in [-0.2, -0.15) is 4.57 Å². The Hall–Kier alpha value is -2.81. The van der Waals surface area contributed by atoms with Gasteiger partial charge in [0.2, 0.25) is 0 Å². The van der Waals surface area contributed by atoms with Crippen LogP contribution in [0.4, 0.5) is 0 Å². The molecule has 0 saturated carbocycles. The van der Waals surface area contributed by atoms with Crippen molar-refractivity contribution in [3.63, 3.8) is 0 Å². The molecule has 0 saturated heterocycles. The predicted octanol–water partition coefficient (Wildman–Crippen LogP) is 3.93. The van der Waals surface area contributed by atoms with Gasteiger partial charge in [0.15, 0.2) is 0 Å². The first-order valence-electron chi connectivity index (χ1n) is 7.76. The number of fused-ring (bicyclic) bond motifs is 3. The lowest BCUT2D eigenvalue weighted by Crippen LogP contribution is -2.33. The van der Waals surface area contributed by atoms with Crippen molar-refractivity contribution in [1.29, 1.82) is 0 Å². The van der Waals surface area contributed by atoms with Crippen LogP contribution >= 0.6 is 0 Å². The highest BCUT2D eigenvalue weighted by atomic mass is 16.3. The Morgan fingerprint density at radius 1 is 0.957 bits per heavy atom. The molecular weight excluding hydrogens is 284 g/mol. The van der Waals surface area contributed by atoms with Gasteiger partial charge >= 0.3 is 0 Å². The molecule has 114 valence electrons. The number of phenols is 1. The summed E-state index contributed by atoms with van der Waals surface area (Å²) in [5.41, 5.74) is 4.36. The van der Waals surface area contributed by atoms with Crippen LogP contribution in [0.15, 0.2) is 54.7 Å². The van der Waals surface area contributed by atoms with Crippen LogP contribution in [0.1, 0.15) is 11.1 Å². The summed E-state index contributed by atoms with van der Waals surface area (Å²) in [4.78, 5) is 0. The largest absolute Gasteiger partial charge is 0.508 e. The molecule has 0 bridgehead atoms. The maximum Gasteiger partial charge on any atom is 0.286 e. The molecule has 23 heavy (non-hydrogen) atoms. The molecule has 3 heteroatoms. The summed E-state index contributed by atoms with van der Waals surface area (Å²) in [5, 5.41) is 12.6. The zero-order chi connectivity index (χ0) is 16.1. The van der Waals surface area contributed by atoms with Gasteiger partial charge in [-0.1, -0.05) is 17.7 Å². The first kappa shape index (κ1) is 13.8. The van der Waals surface area contributed by atoms with Gasteiger partial charge in [0, 0.05) is 22.4 Å². The molecule has 0 atom stereocenters. The Labute approximate surface area is 135 Å². The van der Waals surface area contributed by atoms with Crippen molar-refractivity contribution in [2.24, 2.45) is 7.05 Å². The van der Waals surface area contributed by atoms with Crippen molar-refractivity contribution in [1.82, 2.24) is 4.57 Å². The van der Waals surface area contributed by atoms with Gasteiger partial charge in [0.25, 0.3) is 5.82 Å². The van der Waals surface area contributed by atoms with Gasteiger partial charge in [-0.05, 0) is 44.2 Å². The van der Waals surface area contributed by atoms with Gasteiger partial charge in [-0.3, -0.25) is 0 Å². The molecule has 2 aromatic heterocycles. The van der Waals surface area contributed by atoms with Crippen molar-refractivity contribution in [2.75, 3.05) is 0 Å². The number of aromatic nitrogens is 2. The fraction of sp³-hybridized carbons (Fsp3) is 0.150. The van der Waals surface area contributed by atoms with Crippen molar-refractivity contribution in [3.05, 3.63) is 65.9 Å². The number of aromatic hydroxyl groups is 1. The van der Waals surface area contributed by atoms with E-state index >= 15 is 0 Å². The highest BCUT2D eigenvalue weighted by Crippen LogP contribution is 2.36. The molecule has 0 amide bonds. The Morgan fingerprint density at radius 3 is 2.57 bits per heavy atom. The topological polar surface area (TPSA) is 29.0 Å². The third-order valence-corrected chi connectivity index (χ3v) is 4.57. The van der Waals surface area contributed by atoms with E-state index in [4.69, 9.17) is 0 Å². The summed E-state index contributed by atoms with van der Waals surface area (Å²) in [6.07, 6.45) is 2.04. The molecule has 0 aliphatic heterocycles. The fourth-order valence-corrected chi connectivity index (χ4v) is 3.36. The van der Waals surface area contributed by atoms with E-state index in [-0.39, 0.29) is 0 Å². The van der Waals surface area contributed by atoms with E-state index in [1.807, 2.05) is 38.4 Å². The average Bonchev–Trinajstić information content (AvgIpc) is 2.86. The number of aryl methyl sites for hydroxylation is 3. The molecule has 4 aromatic rings. The second kappa shape index (κ2) is 4.85. The standard InChI is InChI=1S/C20H18N2O/c1-13-7-9-17-16(12-13)15-8-10-18(23)14(2)20(15)22(17)19-6-4-5-11-21(19)3/h4-12H,1-3H3/p+1. The molecule has 4 rings (SSSR count). The summed E-state index contributed by atoms with van der Waals surface area (Å²) < 4.78 is 4.33. The summed E-state index contributed by atoms with van der Waals surface area (Å²) in [5.74, 6) is 1.40. The molecular formula is C20H19N2O+. The van der Waals surface area contributed by atoms with E-state index in [1.165, 1.54) is 16.3 Å². The van der Waals surface area contributed by atoms with Gasteiger partial charge in [-0.15, -0.1) is 0 Å². The lowest BCUT2D eigenvalue weighted by molar-refractivity contribution is -0.665. The van der Waals surface area contributed by atoms with E-state index in [1.54, 1.807) is 6.07 Å². The lowest BCUT2D eigenvalue weighted by atomic mass is 10.1. The van der Waals surface area contributed by atoms with Crippen LogP contribution in [0.2, 0.25) is 0 Å². The molecule has 0 aliphatic carbocycles. The van der Waals surface area contributed by atoms with Gasteiger partial charge < -0.3 is 5.11 Å². The van der Waals surface area contributed by atoms with Crippen LogP contribution in [0.5, 0.6) is 5.75 Å². The zero-order valence-corrected chi connectivity index (χ0v) is 13.5. The van der Waals surface area contributed by atoms with Crippen LogP contribution in [0, 0.1) is 13.8 Å². The molecule has 2 heterocycles. The van der Waals surface area contributed by atoms with Gasteiger partial charge in [0.05, 0.1) is 13.2 Å². The fourth-order valence-electron chi connectivity index (χ4n) is 3.36. The second-order valence-corrected chi connectivity index (χ2v) is 6.13. The third-order valence-electron chi connectivity index (χ3n) is 4.57. The van der Waals surface area contributed by atoms with Crippen molar-refractivity contribution >= 4 is 21.8 Å². The SMILES string of the molecule is Cc1ccc2c(c1)c1ccc(O)c(C)c1n2-c1cccc[n+]1C. The summed E-state index contributed by atoms with van der Waals surface area (Å²) in [7, 11) is 2.04. The minimum absolute atomic E-state index is 0.330. The van der Waals surface area contributed by atoms with E-state index in [9.17, 15) is 5.11 Å². The smallest absolute Gasteiger partial charge is 0.286 e. The van der Waals surface area contributed by atoms with Crippen molar-refractivity contribution in [3.8, 4) is 11.6 Å². The minimum Gasteiger partial charge on any atom is -0.508 e. The molecule has 0 unspecified atom stereocenters. The number of hydrogen-bond acceptors (Lipinski definition) is 1. The molecule has 3 nitrogen and oxygen atoms in total. The molecule has 2 aromatic carbocycles. The van der Waals surface area contributed by atoms with Crippen LogP contribution in [0.3, 0.4) is 0 Å². The number of rotatable bonds is 1. The van der Waals surface area contributed by atoms with E-state index < -0.39 is 0 Å². The van der Waals surface area contributed by atoms with Crippen LogP contribution in [-0.4, -0.2) is 9.67 Å². The third kappa shape index (κ3) is 1.93. The number of phenolic OH excluding ortho intramolecular Hbond substituents is 1. The van der Waals surface area contributed by atoms with Gasteiger partial charge in [0.1, 0.15) is 16.8 Å². The Bertz CT molecular complexity index is 1060. The van der Waals surface area contributed by atoms with E-state index in [0.29, 0.717) is 5.75 Å². The van der Waals surface area contributed by atoms with Crippen LogP contribution < -0.4 is 4.57 Å². The molecule has 0 radical (unpaired) electrons. The number of nitrogens with zero attached hydrogens (tertiary/aromatic N) is 2. The normalized spacial score (nSPS) is 11.4. The van der Waals surface area contributed by atoms with Gasteiger partial charge in [-0.25, -0.2) is 4.57 Å². The summed E-state index contributed by atoms with van der Waals surface area (Å²) in [6.45, 7) is 4.08. The molecule has 0 spiro atoms. The van der Waals surface area contributed by atoms with Crippen LogP contribution in [0.25, 0.3) is 27.6 Å². The number of benzene rings is 2. The van der Waals surface area contributed by atoms with E-state index in [2.05, 4.69) is 40.3 Å². The monoisotopic (exact) mass is 303 g/mol. The second-order valence-electron chi connectivity index (χ2n) is 6.13. The Balaban J connectivity index is 2.29. The maximum absolute atomic E-state index is 10.2. The van der Waals surface area contributed by atoms with Crippen LogP contribution in [-0.2, 0) is 7.05 Å². The first-order valence-corrected chi connectivity index (χ1v) is 7.76. The number of hydrogen-bond donors (Lipinski definition) is 1. The molecule has 0 fully saturated rings. The average molecular weight is 303 g/mol. The minimum atomic E-state index is 0.330.